The predicted molar refractivity (Wildman–Crippen MR) is 132 cm³/mol. The molecular formula is C25H25N3O5S. The average Bonchev–Trinajstić information content (AvgIpc) is 3.22. The molecule has 0 bridgehead atoms. The molecule has 4 aromatic rings. The van der Waals surface area contributed by atoms with E-state index in [2.05, 4.69) is 5.32 Å². The molecule has 1 amide bonds. The third kappa shape index (κ3) is 4.99. The first-order valence-electron chi connectivity index (χ1n) is 11.1. The number of fused-ring (bicyclic) bond motifs is 3. The van der Waals surface area contributed by atoms with Crippen molar-refractivity contribution in [3.63, 3.8) is 0 Å². The Hall–Kier alpha value is -3.59. The van der Waals surface area contributed by atoms with Gasteiger partial charge >= 0.3 is 5.97 Å². The van der Waals surface area contributed by atoms with Crippen LogP contribution in [0.3, 0.4) is 0 Å². The highest BCUT2D eigenvalue weighted by Gasteiger charge is 2.18. The van der Waals surface area contributed by atoms with E-state index in [1.807, 2.05) is 25.1 Å². The summed E-state index contributed by atoms with van der Waals surface area (Å²) >= 11 is 1.20. The Kier molecular flexibility index (Phi) is 7.32. The van der Waals surface area contributed by atoms with E-state index in [9.17, 15) is 14.4 Å². The van der Waals surface area contributed by atoms with E-state index in [4.69, 9.17) is 14.1 Å². The zero-order chi connectivity index (χ0) is 24.1. The molecule has 176 valence electrons. The number of nitrogens with zero attached hydrogens (tertiary/aromatic N) is 2. The van der Waals surface area contributed by atoms with Crippen LogP contribution >= 0.6 is 11.8 Å². The number of furan rings is 1. The van der Waals surface area contributed by atoms with E-state index >= 15 is 0 Å². The Morgan fingerprint density at radius 2 is 1.88 bits per heavy atom. The Balaban J connectivity index is 1.53. The van der Waals surface area contributed by atoms with E-state index in [-0.39, 0.29) is 22.8 Å². The molecule has 0 spiro atoms. The van der Waals surface area contributed by atoms with Crippen LogP contribution in [-0.2, 0) is 16.1 Å². The zero-order valence-corrected chi connectivity index (χ0v) is 19.8. The molecule has 0 radical (unpaired) electrons. The van der Waals surface area contributed by atoms with Crippen molar-refractivity contribution in [3.8, 4) is 0 Å². The lowest BCUT2D eigenvalue weighted by Crippen LogP contribution is -2.24. The summed E-state index contributed by atoms with van der Waals surface area (Å²) in [6.07, 6.45) is 1.72. The average molecular weight is 480 g/mol. The molecule has 0 aliphatic rings. The fourth-order valence-corrected chi connectivity index (χ4v) is 4.33. The number of carbonyl (C=O) groups is 2. The number of hydrogen-bond acceptors (Lipinski definition) is 7. The van der Waals surface area contributed by atoms with Gasteiger partial charge in [0.05, 0.1) is 17.9 Å². The summed E-state index contributed by atoms with van der Waals surface area (Å²) in [5.41, 5.74) is 2.08. The van der Waals surface area contributed by atoms with Crippen LogP contribution in [0.5, 0.6) is 0 Å². The van der Waals surface area contributed by atoms with Crippen LogP contribution in [0.4, 0.5) is 5.69 Å². The number of aromatic nitrogens is 2. The van der Waals surface area contributed by atoms with Gasteiger partial charge in [-0.15, -0.1) is 0 Å². The van der Waals surface area contributed by atoms with Gasteiger partial charge in [-0.3, -0.25) is 14.2 Å². The summed E-state index contributed by atoms with van der Waals surface area (Å²) in [6.45, 7) is 4.58. The van der Waals surface area contributed by atoms with Gasteiger partial charge in [-0.05, 0) is 49.7 Å². The molecule has 8 nitrogen and oxygen atoms in total. The van der Waals surface area contributed by atoms with Crippen molar-refractivity contribution in [3.05, 3.63) is 64.4 Å². The number of hydrogen-bond donors (Lipinski definition) is 1. The number of carbonyl (C=O) groups excluding carboxylic acids is 2. The summed E-state index contributed by atoms with van der Waals surface area (Å²) in [5.74, 6) is -0.587. The molecule has 0 fully saturated rings. The molecule has 0 aliphatic heterocycles. The van der Waals surface area contributed by atoms with Crippen LogP contribution in [-0.4, -0.2) is 33.8 Å². The van der Waals surface area contributed by atoms with Gasteiger partial charge in [-0.25, -0.2) is 9.78 Å². The van der Waals surface area contributed by atoms with Crippen molar-refractivity contribution in [2.45, 2.75) is 38.4 Å². The van der Waals surface area contributed by atoms with E-state index in [0.717, 1.165) is 18.2 Å². The molecule has 1 N–H and O–H groups in total. The van der Waals surface area contributed by atoms with Gasteiger partial charge in [0.2, 0.25) is 11.5 Å². The minimum absolute atomic E-state index is 0.0689. The molecule has 2 aromatic heterocycles. The molecule has 0 atom stereocenters. The van der Waals surface area contributed by atoms with Crippen LogP contribution in [0.1, 0.15) is 37.0 Å². The third-order valence-electron chi connectivity index (χ3n) is 5.19. The highest BCUT2D eigenvalue weighted by molar-refractivity contribution is 7.99. The standard InChI is InChI=1S/C25H25N3O5S/c1-3-5-14-28-23(30)22-21(18-8-6-7-9-19(18)33-22)27-25(28)34-15-20(29)26-17-12-10-16(11-13-17)24(31)32-4-2/h6-13H,3-5,14-15H2,1-2H3,(H,26,29). The number of anilines is 1. The number of nitrogens with one attached hydrogen (secondary N) is 1. The lowest BCUT2D eigenvalue weighted by molar-refractivity contribution is -0.113. The monoisotopic (exact) mass is 479 g/mol. The number of para-hydroxylation sites is 1. The van der Waals surface area contributed by atoms with E-state index in [0.29, 0.717) is 40.7 Å². The summed E-state index contributed by atoms with van der Waals surface area (Å²) < 4.78 is 12.3. The van der Waals surface area contributed by atoms with Crippen LogP contribution < -0.4 is 10.9 Å². The SMILES string of the molecule is CCCCn1c(SCC(=O)Nc2ccc(C(=O)OCC)cc2)nc2c(oc3ccccc32)c1=O. The minimum Gasteiger partial charge on any atom is -0.462 e. The summed E-state index contributed by atoms with van der Waals surface area (Å²) in [6, 6.07) is 13.9. The molecule has 9 heteroatoms. The summed E-state index contributed by atoms with van der Waals surface area (Å²) in [4.78, 5) is 42.2. The second kappa shape index (κ2) is 10.6. The largest absolute Gasteiger partial charge is 0.462 e. The Morgan fingerprint density at radius 1 is 1.12 bits per heavy atom. The second-order valence-electron chi connectivity index (χ2n) is 7.62. The lowest BCUT2D eigenvalue weighted by Gasteiger charge is -2.11. The lowest BCUT2D eigenvalue weighted by atomic mass is 10.2. The number of benzene rings is 2. The first-order valence-corrected chi connectivity index (χ1v) is 12.1. The van der Waals surface area contributed by atoms with Gasteiger partial charge in [0.15, 0.2) is 5.16 Å². The first kappa shape index (κ1) is 23.6. The third-order valence-corrected chi connectivity index (χ3v) is 6.17. The molecule has 2 aromatic carbocycles. The quantitative estimate of drug-likeness (QED) is 0.208. The molecular weight excluding hydrogens is 454 g/mol. The molecule has 0 unspecified atom stereocenters. The molecule has 0 saturated carbocycles. The van der Waals surface area contributed by atoms with Gasteiger partial charge in [0.1, 0.15) is 11.1 Å². The van der Waals surface area contributed by atoms with Gasteiger partial charge in [-0.1, -0.05) is 37.2 Å². The fourth-order valence-electron chi connectivity index (χ4n) is 3.51. The van der Waals surface area contributed by atoms with E-state index < -0.39 is 5.97 Å². The molecule has 4 rings (SSSR count). The van der Waals surface area contributed by atoms with Crippen LogP contribution in [0.15, 0.2) is 62.9 Å². The van der Waals surface area contributed by atoms with Crippen molar-refractivity contribution in [2.75, 3.05) is 17.7 Å². The highest BCUT2D eigenvalue weighted by atomic mass is 32.2. The van der Waals surface area contributed by atoms with E-state index in [1.54, 1.807) is 41.8 Å². The normalized spacial score (nSPS) is 11.1. The number of ether oxygens (including phenoxy) is 1. The maximum Gasteiger partial charge on any atom is 0.338 e. The number of rotatable bonds is 9. The maximum atomic E-state index is 13.2. The van der Waals surface area contributed by atoms with Crippen molar-refractivity contribution in [1.29, 1.82) is 0 Å². The molecule has 2 heterocycles. The maximum absolute atomic E-state index is 13.2. The van der Waals surface area contributed by atoms with Crippen molar-refractivity contribution in [1.82, 2.24) is 9.55 Å². The zero-order valence-electron chi connectivity index (χ0n) is 19.0. The van der Waals surface area contributed by atoms with Crippen LogP contribution in [0.25, 0.3) is 22.1 Å². The predicted octanol–water partition coefficient (Wildman–Crippen LogP) is 4.85. The number of esters is 1. The van der Waals surface area contributed by atoms with Gasteiger partial charge in [0.25, 0.3) is 5.56 Å². The molecule has 0 saturated heterocycles. The Labute approximate surface area is 200 Å². The molecule has 0 aliphatic carbocycles. The topological polar surface area (TPSA) is 103 Å². The smallest absolute Gasteiger partial charge is 0.338 e. The number of thioether (sulfide) groups is 1. The van der Waals surface area contributed by atoms with Gasteiger partial charge < -0.3 is 14.5 Å². The number of amides is 1. The Morgan fingerprint density at radius 3 is 2.62 bits per heavy atom. The van der Waals surface area contributed by atoms with Crippen molar-refractivity contribution < 1.29 is 18.7 Å². The summed E-state index contributed by atoms with van der Waals surface area (Å²) in [7, 11) is 0. The van der Waals surface area contributed by atoms with Crippen molar-refractivity contribution in [2.24, 2.45) is 0 Å². The highest BCUT2D eigenvalue weighted by Crippen LogP contribution is 2.27. The van der Waals surface area contributed by atoms with Gasteiger partial charge in [-0.2, -0.15) is 0 Å². The van der Waals surface area contributed by atoms with Crippen molar-refractivity contribution >= 4 is 51.4 Å². The molecule has 34 heavy (non-hydrogen) atoms. The van der Waals surface area contributed by atoms with E-state index in [1.165, 1.54) is 11.8 Å². The van der Waals surface area contributed by atoms with Gasteiger partial charge in [0, 0.05) is 17.6 Å². The van der Waals surface area contributed by atoms with Crippen LogP contribution in [0.2, 0.25) is 0 Å². The fraction of sp³-hybridized carbons (Fsp3) is 0.280. The second-order valence-corrected chi connectivity index (χ2v) is 8.56. The summed E-state index contributed by atoms with van der Waals surface area (Å²) in [5, 5.41) is 4.05. The Bertz CT molecular complexity index is 1390. The van der Waals surface area contributed by atoms with Crippen LogP contribution in [0, 0.1) is 0 Å². The minimum atomic E-state index is -0.408. The first-order chi connectivity index (χ1) is 16.5. The number of unbranched alkanes of at least 4 members (excludes halogenated alkanes) is 1.